The molecule has 21 heavy (non-hydrogen) atoms. The maximum Gasteiger partial charge on any atom is 0.326 e. The van der Waals surface area contributed by atoms with Crippen LogP contribution in [0.5, 0.6) is 0 Å². The van der Waals surface area contributed by atoms with Crippen molar-refractivity contribution in [3.63, 3.8) is 0 Å². The van der Waals surface area contributed by atoms with Crippen molar-refractivity contribution in [2.75, 3.05) is 13.1 Å². The van der Waals surface area contributed by atoms with E-state index in [4.69, 9.17) is 0 Å². The van der Waals surface area contributed by atoms with E-state index >= 15 is 0 Å². The molecule has 1 heterocycles. The molecule has 0 saturated carbocycles. The van der Waals surface area contributed by atoms with Crippen LogP contribution in [0, 0.1) is 0 Å². The maximum atomic E-state index is 12.1. The molecule has 0 bridgehead atoms. The zero-order chi connectivity index (χ0) is 15.5. The molecule has 6 nitrogen and oxygen atoms in total. The maximum absolute atomic E-state index is 12.1. The van der Waals surface area contributed by atoms with Crippen LogP contribution in [-0.2, 0) is 11.2 Å². The molecular formula is C15H20N2O4. The minimum Gasteiger partial charge on any atom is -0.480 e. The lowest BCUT2D eigenvalue weighted by Crippen LogP contribution is -2.49. The van der Waals surface area contributed by atoms with Crippen molar-refractivity contribution in [3.05, 3.63) is 35.9 Å². The number of carbonyl (C=O) groups is 2. The number of likely N-dealkylation sites (tertiary alicyclic amines) is 1. The molecule has 2 rings (SSSR count). The van der Waals surface area contributed by atoms with Crippen LogP contribution >= 0.6 is 0 Å². The summed E-state index contributed by atoms with van der Waals surface area (Å²) in [7, 11) is 0. The molecule has 0 aromatic heterocycles. The van der Waals surface area contributed by atoms with E-state index in [1.807, 2.05) is 30.3 Å². The van der Waals surface area contributed by atoms with Crippen molar-refractivity contribution < 1.29 is 19.8 Å². The Labute approximate surface area is 123 Å². The van der Waals surface area contributed by atoms with E-state index in [-0.39, 0.29) is 13.0 Å². The van der Waals surface area contributed by atoms with Crippen molar-refractivity contribution in [2.24, 2.45) is 0 Å². The molecule has 2 amide bonds. The van der Waals surface area contributed by atoms with Crippen LogP contribution < -0.4 is 5.32 Å². The first-order valence-electron chi connectivity index (χ1n) is 6.92. The van der Waals surface area contributed by atoms with Crippen LogP contribution in [0.1, 0.15) is 18.9 Å². The number of benzene rings is 1. The van der Waals surface area contributed by atoms with Crippen LogP contribution in [0.25, 0.3) is 0 Å². The predicted molar refractivity (Wildman–Crippen MR) is 76.9 cm³/mol. The molecule has 1 aliphatic rings. The van der Waals surface area contributed by atoms with Gasteiger partial charge in [0.15, 0.2) is 0 Å². The number of nitrogens with zero attached hydrogens (tertiary/aromatic N) is 1. The fourth-order valence-electron chi connectivity index (χ4n) is 2.41. The smallest absolute Gasteiger partial charge is 0.326 e. The number of carboxylic acids is 1. The van der Waals surface area contributed by atoms with Crippen molar-refractivity contribution in [1.29, 1.82) is 0 Å². The fourth-order valence-corrected chi connectivity index (χ4v) is 2.41. The highest BCUT2D eigenvalue weighted by molar-refractivity contribution is 5.83. The van der Waals surface area contributed by atoms with Gasteiger partial charge in [0.05, 0.1) is 12.1 Å². The Morgan fingerprint density at radius 1 is 1.38 bits per heavy atom. The molecule has 1 aromatic carbocycles. The molecule has 1 fully saturated rings. The second kappa shape index (κ2) is 6.13. The van der Waals surface area contributed by atoms with Crippen molar-refractivity contribution in [3.8, 4) is 0 Å². The largest absolute Gasteiger partial charge is 0.480 e. The van der Waals surface area contributed by atoms with E-state index in [1.165, 1.54) is 4.90 Å². The van der Waals surface area contributed by atoms with Gasteiger partial charge in [-0.05, 0) is 18.9 Å². The van der Waals surface area contributed by atoms with Gasteiger partial charge in [0, 0.05) is 13.0 Å². The lowest BCUT2D eigenvalue weighted by molar-refractivity contribution is -0.139. The normalized spacial score (nSPS) is 22.9. The number of hydrogen-bond acceptors (Lipinski definition) is 3. The molecule has 1 aliphatic heterocycles. The van der Waals surface area contributed by atoms with Gasteiger partial charge in [0.2, 0.25) is 0 Å². The molecule has 0 radical (unpaired) electrons. The molecule has 1 aromatic rings. The zero-order valence-electron chi connectivity index (χ0n) is 12.0. The van der Waals surface area contributed by atoms with Gasteiger partial charge in [-0.2, -0.15) is 0 Å². The third-order valence-corrected chi connectivity index (χ3v) is 3.62. The molecule has 114 valence electrons. The van der Waals surface area contributed by atoms with Gasteiger partial charge in [0.25, 0.3) is 0 Å². The van der Waals surface area contributed by atoms with E-state index in [0.717, 1.165) is 5.56 Å². The Morgan fingerprint density at radius 2 is 2.05 bits per heavy atom. The summed E-state index contributed by atoms with van der Waals surface area (Å²) in [5.41, 5.74) is -0.0474. The number of aliphatic carboxylic acids is 1. The van der Waals surface area contributed by atoms with Gasteiger partial charge in [-0.3, -0.25) is 0 Å². The summed E-state index contributed by atoms with van der Waals surface area (Å²) < 4.78 is 0. The molecule has 1 unspecified atom stereocenters. The first-order chi connectivity index (χ1) is 9.87. The molecule has 0 spiro atoms. The first kappa shape index (κ1) is 15.3. The van der Waals surface area contributed by atoms with Gasteiger partial charge in [-0.15, -0.1) is 0 Å². The SMILES string of the molecule is CC1(O)CCN(C(=O)N[C@H](Cc2ccccc2)C(=O)O)C1. The monoisotopic (exact) mass is 292 g/mol. The second-order valence-electron chi connectivity index (χ2n) is 5.70. The molecule has 6 heteroatoms. The second-order valence-corrected chi connectivity index (χ2v) is 5.70. The minimum atomic E-state index is -1.07. The van der Waals surface area contributed by atoms with Crippen LogP contribution in [0.2, 0.25) is 0 Å². The average molecular weight is 292 g/mol. The summed E-state index contributed by atoms with van der Waals surface area (Å²) in [6.45, 7) is 2.31. The summed E-state index contributed by atoms with van der Waals surface area (Å²) in [5.74, 6) is -1.07. The summed E-state index contributed by atoms with van der Waals surface area (Å²) in [6.07, 6.45) is 0.725. The highest BCUT2D eigenvalue weighted by Gasteiger charge is 2.35. The topological polar surface area (TPSA) is 89.9 Å². The minimum absolute atomic E-state index is 0.219. The van der Waals surface area contributed by atoms with E-state index in [2.05, 4.69) is 5.32 Å². The van der Waals surface area contributed by atoms with Gasteiger partial charge in [-0.25, -0.2) is 9.59 Å². The van der Waals surface area contributed by atoms with Crippen molar-refractivity contribution in [2.45, 2.75) is 31.4 Å². The Kier molecular flexibility index (Phi) is 4.47. The predicted octanol–water partition coefficient (Wildman–Crippen LogP) is 0.849. The quantitative estimate of drug-likeness (QED) is 0.767. The Balaban J connectivity index is 1.97. The van der Waals surface area contributed by atoms with E-state index < -0.39 is 23.6 Å². The molecule has 1 saturated heterocycles. The van der Waals surface area contributed by atoms with Crippen LogP contribution in [0.3, 0.4) is 0 Å². The number of carbonyl (C=O) groups excluding carboxylic acids is 1. The summed E-state index contributed by atoms with van der Waals surface area (Å²) in [5, 5.41) is 21.6. The van der Waals surface area contributed by atoms with Crippen LogP contribution in [-0.4, -0.2) is 51.8 Å². The van der Waals surface area contributed by atoms with Crippen LogP contribution in [0.4, 0.5) is 4.79 Å². The number of nitrogens with one attached hydrogen (secondary N) is 1. The van der Waals surface area contributed by atoms with E-state index in [0.29, 0.717) is 13.0 Å². The number of urea groups is 1. The number of β-amino-alcohol motifs (C(OH)–C–C–N with tert-alkyl or cyclic N) is 1. The van der Waals surface area contributed by atoms with Crippen molar-refractivity contribution >= 4 is 12.0 Å². The lowest BCUT2D eigenvalue weighted by atomic mass is 10.1. The molecule has 2 atom stereocenters. The number of hydrogen-bond donors (Lipinski definition) is 3. The molecular weight excluding hydrogens is 272 g/mol. The van der Waals surface area contributed by atoms with E-state index in [1.54, 1.807) is 6.92 Å². The highest BCUT2D eigenvalue weighted by atomic mass is 16.4. The van der Waals surface area contributed by atoms with Crippen LogP contribution in [0.15, 0.2) is 30.3 Å². The van der Waals surface area contributed by atoms with Gasteiger partial charge in [-0.1, -0.05) is 30.3 Å². The Bertz CT molecular complexity index is 516. The fraction of sp³-hybridized carbons (Fsp3) is 0.467. The van der Waals surface area contributed by atoms with E-state index in [9.17, 15) is 19.8 Å². The van der Waals surface area contributed by atoms with Gasteiger partial charge >= 0.3 is 12.0 Å². The van der Waals surface area contributed by atoms with Crippen molar-refractivity contribution in [1.82, 2.24) is 10.2 Å². The number of aliphatic hydroxyl groups is 1. The lowest BCUT2D eigenvalue weighted by Gasteiger charge is -2.22. The average Bonchev–Trinajstić information content (AvgIpc) is 2.79. The molecule has 0 aliphatic carbocycles. The third kappa shape index (κ3) is 4.19. The summed E-state index contributed by atoms with van der Waals surface area (Å²) >= 11 is 0. The third-order valence-electron chi connectivity index (χ3n) is 3.62. The number of carboxylic acid groups (broad SMARTS) is 1. The van der Waals surface area contributed by atoms with Gasteiger partial charge in [0.1, 0.15) is 6.04 Å². The Morgan fingerprint density at radius 3 is 2.57 bits per heavy atom. The standard InChI is InChI=1S/C15H20N2O4/c1-15(21)7-8-17(10-15)14(20)16-12(13(18)19)9-11-5-3-2-4-6-11/h2-6,12,21H,7-10H2,1H3,(H,16,20)(H,18,19)/t12-,15?/m1/s1. The number of amides is 2. The Hall–Kier alpha value is -2.08. The molecule has 3 N–H and O–H groups in total. The number of rotatable bonds is 4. The van der Waals surface area contributed by atoms with Gasteiger partial charge < -0.3 is 20.4 Å². The zero-order valence-corrected chi connectivity index (χ0v) is 12.0. The highest BCUT2D eigenvalue weighted by Crippen LogP contribution is 2.20. The first-order valence-corrected chi connectivity index (χ1v) is 6.92. The summed E-state index contributed by atoms with van der Waals surface area (Å²) in [6, 6.07) is 7.72. The summed E-state index contributed by atoms with van der Waals surface area (Å²) in [4.78, 5) is 24.8.